The van der Waals surface area contributed by atoms with Gasteiger partial charge in [0.15, 0.2) is 0 Å². The highest BCUT2D eigenvalue weighted by Crippen LogP contribution is 2.24. The van der Waals surface area contributed by atoms with E-state index in [1.165, 1.54) is 9.71 Å². The van der Waals surface area contributed by atoms with Gasteiger partial charge in [0.1, 0.15) is 5.15 Å². The molecule has 7 nitrogen and oxygen atoms in total. The summed E-state index contributed by atoms with van der Waals surface area (Å²) < 4.78 is 28.4. The fourth-order valence-corrected chi connectivity index (χ4v) is 5.26. The molecule has 1 fully saturated rings. The molecule has 0 N–H and O–H groups in total. The first-order valence-electron chi connectivity index (χ1n) is 10.6. The van der Waals surface area contributed by atoms with Crippen LogP contribution in [0, 0.1) is 6.92 Å². The van der Waals surface area contributed by atoms with Crippen LogP contribution < -0.4 is 0 Å². The maximum Gasteiger partial charge on any atom is 0.258 e. The summed E-state index contributed by atoms with van der Waals surface area (Å²) in [6.45, 7) is 3.25. The van der Waals surface area contributed by atoms with Crippen LogP contribution in [0.1, 0.15) is 27.2 Å². The highest BCUT2D eigenvalue weighted by atomic mass is 35.5. The minimum Gasteiger partial charge on any atom is -0.336 e. The number of piperazine rings is 1. The van der Waals surface area contributed by atoms with Gasteiger partial charge in [-0.05, 0) is 24.1 Å². The summed E-state index contributed by atoms with van der Waals surface area (Å²) >= 11 is 6.53. The minimum atomic E-state index is -3.57. The SMILES string of the molecule is Cc1nn(Cc2ccccc2)c(Cl)c1C(=O)N1CCN(S(=O)(=O)/C=C/c2ccccc2)CC1. The van der Waals surface area contributed by atoms with E-state index in [0.717, 1.165) is 11.1 Å². The van der Waals surface area contributed by atoms with Crippen LogP contribution in [0.5, 0.6) is 0 Å². The lowest BCUT2D eigenvalue weighted by Crippen LogP contribution is -2.50. The summed E-state index contributed by atoms with van der Waals surface area (Å²) in [5, 5.41) is 5.96. The van der Waals surface area contributed by atoms with Gasteiger partial charge in [0, 0.05) is 31.6 Å². The largest absolute Gasteiger partial charge is 0.336 e. The van der Waals surface area contributed by atoms with E-state index >= 15 is 0 Å². The first-order valence-corrected chi connectivity index (χ1v) is 12.5. The van der Waals surface area contributed by atoms with Gasteiger partial charge in [-0.3, -0.25) is 4.79 Å². The fourth-order valence-electron chi connectivity index (χ4n) is 3.78. The van der Waals surface area contributed by atoms with Crippen molar-refractivity contribution in [2.24, 2.45) is 0 Å². The van der Waals surface area contributed by atoms with Crippen LogP contribution in [0.3, 0.4) is 0 Å². The van der Waals surface area contributed by atoms with Gasteiger partial charge in [0.05, 0.1) is 17.8 Å². The van der Waals surface area contributed by atoms with Gasteiger partial charge in [0.2, 0.25) is 10.0 Å². The number of hydrogen-bond donors (Lipinski definition) is 0. The molecule has 172 valence electrons. The molecule has 0 saturated carbocycles. The molecule has 33 heavy (non-hydrogen) atoms. The zero-order valence-electron chi connectivity index (χ0n) is 18.3. The third kappa shape index (κ3) is 5.35. The Balaban J connectivity index is 1.42. The van der Waals surface area contributed by atoms with Gasteiger partial charge < -0.3 is 4.90 Å². The Labute approximate surface area is 198 Å². The van der Waals surface area contributed by atoms with Crippen molar-refractivity contribution in [1.29, 1.82) is 0 Å². The second-order valence-electron chi connectivity index (χ2n) is 7.84. The number of sulfonamides is 1. The monoisotopic (exact) mass is 484 g/mol. The van der Waals surface area contributed by atoms with Crippen LogP contribution in [-0.4, -0.2) is 59.5 Å². The average Bonchev–Trinajstić information content (AvgIpc) is 3.11. The Morgan fingerprint density at radius 2 is 1.61 bits per heavy atom. The maximum absolute atomic E-state index is 13.2. The van der Waals surface area contributed by atoms with Crippen LogP contribution in [0.4, 0.5) is 0 Å². The zero-order chi connectivity index (χ0) is 23.4. The molecular formula is C24H25ClN4O3S. The van der Waals surface area contributed by atoms with Gasteiger partial charge in [-0.2, -0.15) is 9.40 Å². The molecule has 0 bridgehead atoms. The number of rotatable bonds is 6. The van der Waals surface area contributed by atoms with Crippen LogP contribution in [0.25, 0.3) is 6.08 Å². The van der Waals surface area contributed by atoms with Gasteiger partial charge in [-0.25, -0.2) is 13.1 Å². The van der Waals surface area contributed by atoms with Crippen LogP contribution >= 0.6 is 11.6 Å². The Morgan fingerprint density at radius 1 is 1.00 bits per heavy atom. The number of carbonyl (C=O) groups excluding carboxylic acids is 1. The highest BCUT2D eigenvalue weighted by Gasteiger charge is 2.31. The Bertz CT molecular complexity index is 1250. The second kappa shape index (κ2) is 9.91. The topological polar surface area (TPSA) is 75.5 Å². The van der Waals surface area contributed by atoms with Crippen molar-refractivity contribution in [3.05, 3.63) is 93.6 Å². The molecule has 1 amide bonds. The van der Waals surface area contributed by atoms with Crippen molar-refractivity contribution in [1.82, 2.24) is 19.0 Å². The second-order valence-corrected chi connectivity index (χ2v) is 10.0. The summed E-state index contributed by atoms with van der Waals surface area (Å²) in [6, 6.07) is 19.0. The predicted molar refractivity (Wildman–Crippen MR) is 129 cm³/mol. The minimum absolute atomic E-state index is 0.224. The first kappa shape index (κ1) is 23.2. The number of nitrogens with zero attached hydrogens (tertiary/aromatic N) is 4. The molecule has 2 heterocycles. The Kier molecular flexibility index (Phi) is 6.97. The molecule has 3 aromatic rings. The van der Waals surface area contributed by atoms with E-state index in [-0.39, 0.29) is 32.1 Å². The number of hydrogen-bond acceptors (Lipinski definition) is 4. The molecule has 0 atom stereocenters. The molecule has 0 unspecified atom stereocenters. The quantitative estimate of drug-likeness (QED) is 0.535. The molecule has 1 saturated heterocycles. The molecular weight excluding hydrogens is 460 g/mol. The van der Waals surface area contributed by atoms with Crippen molar-refractivity contribution < 1.29 is 13.2 Å². The van der Waals surface area contributed by atoms with Crippen LogP contribution in [0.2, 0.25) is 5.15 Å². The van der Waals surface area contributed by atoms with E-state index in [2.05, 4.69) is 5.10 Å². The molecule has 9 heteroatoms. The number of aryl methyl sites for hydroxylation is 1. The van der Waals surface area contributed by atoms with Gasteiger partial charge >= 0.3 is 0 Å². The van der Waals surface area contributed by atoms with Crippen molar-refractivity contribution in [2.75, 3.05) is 26.2 Å². The average molecular weight is 485 g/mol. The predicted octanol–water partition coefficient (Wildman–Crippen LogP) is 3.65. The standard InChI is InChI=1S/C24H25ClN4O3S/c1-19-22(23(25)29(26-19)18-21-10-6-3-7-11-21)24(30)27-13-15-28(16-14-27)33(31,32)17-12-20-8-4-2-5-9-20/h2-12,17H,13-16,18H2,1H3/b17-12+. The zero-order valence-corrected chi connectivity index (χ0v) is 19.8. The van der Waals surface area contributed by atoms with E-state index in [1.54, 1.807) is 22.6 Å². The van der Waals surface area contributed by atoms with Crippen molar-refractivity contribution in [3.63, 3.8) is 0 Å². The molecule has 0 spiro atoms. The number of benzene rings is 2. The number of aromatic nitrogens is 2. The molecule has 0 radical (unpaired) electrons. The summed E-state index contributed by atoms with van der Waals surface area (Å²) in [5.74, 6) is -0.228. The van der Waals surface area contributed by atoms with E-state index in [9.17, 15) is 13.2 Å². The van der Waals surface area contributed by atoms with Crippen molar-refractivity contribution >= 4 is 33.6 Å². The lowest BCUT2D eigenvalue weighted by atomic mass is 10.2. The van der Waals surface area contributed by atoms with Gasteiger partial charge in [0.25, 0.3) is 5.91 Å². The molecule has 0 aliphatic carbocycles. The van der Waals surface area contributed by atoms with Gasteiger partial charge in [-0.1, -0.05) is 72.3 Å². The lowest BCUT2D eigenvalue weighted by molar-refractivity contribution is 0.0698. The smallest absolute Gasteiger partial charge is 0.258 e. The molecule has 1 aliphatic rings. The molecule has 2 aromatic carbocycles. The summed E-state index contributed by atoms with van der Waals surface area (Å²) in [7, 11) is -3.57. The maximum atomic E-state index is 13.2. The van der Waals surface area contributed by atoms with Crippen LogP contribution in [-0.2, 0) is 16.6 Å². The summed E-state index contributed by atoms with van der Waals surface area (Å²) in [4.78, 5) is 14.8. The first-order chi connectivity index (χ1) is 15.8. The molecule has 4 rings (SSSR count). The van der Waals surface area contributed by atoms with E-state index in [0.29, 0.717) is 23.0 Å². The molecule has 1 aliphatic heterocycles. The number of carbonyl (C=O) groups is 1. The number of halogens is 1. The third-order valence-corrected chi connectivity index (χ3v) is 7.52. The summed E-state index contributed by atoms with van der Waals surface area (Å²) in [6.07, 6.45) is 1.58. The van der Waals surface area contributed by atoms with Crippen LogP contribution in [0.15, 0.2) is 66.1 Å². The van der Waals surface area contributed by atoms with Crippen molar-refractivity contribution in [2.45, 2.75) is 13.5 Å². The Hall–Kier alpha value is -2.94. The highest BCUT2D eigenvalue weighted by molar-refractivity contribution is 7.92. The summed E-state index contributed by atoms with van der Waals surface area (Å²) in [5.41, 5.74) is 2.77. The fraction of sp³-hybridized carbons (Fsp3) is 0.250. The Morgan fingerprint density at radius 3 is 2.24 bits per heavy atom. The van der Waals surface area contributed by atoms with E-state index in [4.69, 9.17) is 11.6 Å². The van der Waals surface area contributed by atoms with Crippen molar-refractivity contribution in [3.8, 4) is 0 Å². The van der Waals surface area contributed by atoms with E-state index in [1.807, 2.05) is 60.7 Å². The number of amides is 1. The third-order valence-electron chi connectivity index (χ3n) is 5.57. The lowest BCUT2D eigenvalue weighted by Gasteiger charge is -2.33. The normalized spacial score (nSPS) is 15.3. The molecule has 1 aromatic heterocycles. The van der Waals surface area contributed by atoms with Gasteiger partial charge in [-0.15, -0.1) is 0 Å². The van der Waals surface area contributed by atoms with E-state index < -0.39 is 10.0 Å².